The summed E-state index contributed by atoms with van der Waals surface area (Å²) in [7, 11) is 0. The van der Waals surface area contributed by atoms with Crippen LogP contribution in [0.15, 0.2) is 57.8 Å². The monoisotopic (exact) mass is 296 g/mol. The number of nitrogens with one attached hydrogen (secondary N) is 1. The Morgan fingerprint density at radius 1 is 1.05 bits per heavy atom. The summed E-state index contributed by atoms with van der Waals surface area (Å²) in [6.07, 6.45) is 0. The summed E-state index contributed by atoms with van der Waals surface area (Å²) in [5.74, 6) is 0. The van der Waals surface area contributed by atoms with E-state index in [1.165, 1.54) is 26.2 Å². The van der Waals surface area contributed by atoms with Crippen molar-refractivity contribution in [1.29, 1.82) is 0 Å². The van der Waals surface area contributed by atoms with E-state index >= 15 is 0 Å². The van der Waals surface area contributed by atoms with Crippen molar-refractivity contribution in [1.82, 2.24) is 9.97 Å². The Kier molecular flexibility index (Phi) is 2.79. The number of hydrogen-bond donors (Lipinski definition) is 1. The molecule has 2 heterocycles. The first kappa shape index (κ1) is 12.0. The van der Waals surface area contributed by atoms with E-state index < -0.39 is 0 Å². The van der Waals surface area contributed by atoms with Crippen molar-refractivity contribution in [3.63, 3.8) is 0 Å². The van der Waals surface area contributed by atoms with Gasteiger partial charge in [-0.15, -0.1) is 11.3 Å². The van der Waals surface area contributed by atoms with E-state index in [1.54, 1.807) is 23.1 Å². The van der Waals surface area contributed by atoms with Gasteiger partial charge in [-0.1, -0.05) is 42.1 Å². The fourth-order valence-corrected chi connectivity index (χ4v) is 4.56. The molecule has 1 N–H and O–H groups in total. The van der Waals surface area contributed by atoms with E-state index in [1.807, 2.05) is 6.07 Å². The molecule has 0 aliphatic carbocycles. The summed E-state index contributed by atoms with van der Waals surface area (Å²) in [5.41, 5.74) is 3.47. The van der Waals surface area contributed by atoms with Crippen molar-refractivity contribution in [2.45, 2.75) is 16.2 Å². The van der Waals surface area contributed by atoms with E-state index in [4.69, 9.17) is 4.98 Å². The Balaban J connectivity index is 1.82. The van der Waals surface area contributed by atoms with Gasteiger partial charge in [0.15, 0.2) is 4.34 Å². The summed E-state index contributed by atoms with van der Waals surface area (Å²) in [5, 5.41) is 1.27. The maximum atomic E-state index is 4.70. The largest absolute Gasteiger partial charge is 0.358 e. The van der Waals surface area contributed by atoms with Crippen molar-refractivity contribution in [2.24, 2.45) is 0 Å². The number of aromatic amines is 1. The highest BCUT2D eigenvalue weighted by atomic mass is 32.2. The number of hydrogen-bond acceptors (Lipinski definition) is 3. The third kappa shape index (κ3) is 1.92. The predicted octanol–water partition coefficient (Wildman–Crippen LogP) is 5.24. The fourth-order valence-electron chi connectivity index (χ4n) is 2.36. The molecule has 2 aromatic carbocycles. The molecule has 0 saturated heterocycles. The smallest absolute Gasteiger partial charge is 0.155 e. The minimum atomic E-state index is 1.08. The number of benzene rings is 2. The Morgan fingerprint density at radius 2 is 1.85 bits per heavy atom. The van der Waals surface area contributed by atoms with Crippen LogP contribution in [0.25, 0.3) is 21.1 Å². The second-order valence-electron chi connectivity index (χ2n) is 4.67. The van der Waals surface area contributed by atoms with E-state index in [2.05, 4.69) is 54.4 Å². The third-order valence-corrected chi connectivity index (χ3v) is 5.63. The Morgan fingerprint density at radius 3 is 2.75 bits per heavy atom. The average molecular weight is 296 g/mol. The van der Waals surface area contributed by atoms with Gasteiger partial charge in [-0.3, -0.25) is 0 Å². The maximum Gasteiger partial charge on any atom is 0.155 e. The highest BCUT2D eigenvalue weighted by Crippen LogP contribution is 2.39. The lowest BCUT2D eigenvalue weighted by Crippen LogP contribution is -1.74. The molecule has 0 aliphatic heterocycles. The molecular formula is C16H12N2S2. The number of aryl methyl sites for hydroxylation is 1. The number of H-pyrrole nitrogens is 1. The van der Waals surface area contributed by atoms with Gasteiger partial charge in [-0.2, -0.15) is 0 Å². The van der Waals surface area contributed by atoms with Crippen LogP contribution in [0, 0.1) is 6.92 Å². The number of fused-ring (bicyclic) bond motifs is 2. The molecule has 0 atom stereocenters. The minimum Gasteiger partial charge on any atom is -0.358 e. The van der Waals surface area contributed by atoms with Gasteiger partial charge in [0, 0.05) is 21.5 Å². The Hall–Kier alpha value is -1.78. The summed E-state index contributed by atoms with van der Waals surface area (Å²) < 4.78 is 2.34. The molecule has 0 unspecified atom stereocenters. The van der Waals surface area contributed by atoms with Gasteiger partial charge in [0.25, 0.3) is 0 Å². The zero-order chi connectivity index (χ0) is 13.5. The highest BCUT2D eigenvalue weighted by Gasteiger charge is 2.12. The van der Waals surface area contributed by atoms with Gasteiger partial charge in [0.2, 0.25) is 0 Å². The number of aromatic nitrogens is 2. The van der Waals surface area contributed by atoms with Crippen molar-refractivity contribution in [2.75, 3.05) is 0 Å². The zero-order valence-corrected chi connectivity index (χ0v) is 12.5. The molecule has 0 spiro atoms. The Labute approximate surface area is 124 Å². The highest BCUT2D eigenvalue weighted by molar-refractivity contribution is 8.01. The van der Waals surface area contributed by atoms with Crippen LogP contribution in [-0.4, -0.2) is 9.97 Å². The molecule has 4 aromatic rings. The van der Waals surface area contributed by atoms with Crippen molar-refractivity contribution >= 4 is 44.2 Å². The van der Waals surface area contributed by atoms with Crippen LogP contribution >= 0.6 is 23.1 Å². The number of thiazole rings is 1. The molecule has 4 heteroatoms. The number of nitrogens with zero attached hydrogens (tertiary/aromatic N) is 1. The molecule has 98 valence electrons. The molecule has 2 nitrogen and oxygen atoms in total. The summed E-state index contributed by atoms with van der Waals surface area (Å²) in [4.78, 5) is 9.42. The average Bonchev–Trinajstić information content (AvgIpc) is 3.00. The summed E-state index contributed by atoms with van der Waals surface area (Å²) >= 11 is 3.50. The summed E-state index contributed by atoms with van der Waals surface area (Å²) in [6, 6.07) is 16.7. The van der Waals surface area contributed by atoms with Crippen molar-refractivity contribution in [3.05, 3.63) is 54.2 Å². The molecule has 20 heavy (non-hydrogen) atoms. The minimum absolute atomic E-state index is 1.08. The molecule has 0 amide bonds. The first-order valence-corrected chi connectivity index (χ1v) is 8.05. The maximum absolute atomic E-state index is 4.70. The molecule has 4 rings (SSSR count). The summed E-state index contributed by atoms with van der Waals surface area (Å²) in [6.45, 7) is 2.12. The first-order chi connectivity index (χ1) is 9.81. The number of para-hydroxylation sites is 2. The molecular weight excluding hydrogens is 284 g/mol. The molecule has 0 fully saturated rings. The normalized spacial score (nSPS) is 11.4. The molecule has 0 radical (unpaired) electrons. The van der Waals surface area contributed by atoms with E-state index in [0.29, 0.717) is 0 Å². The van der Waals surface area contributed by atoms with Gasteiger partial charge >= 0.3 is 0 Å². The zero-order valence-electron chi connectivity index (χ0n) is 10.9. The van der Waals surface area contributed by atoms with E-state index in [9.17, 15) is 0 Å². The van der Waals surface area contributed by atoms with Gasteiger partial charge in [-0.05, 0) is 25.1 Å². The van der Waals surface area contributed by atoms with E-state index in [0.717, 1.165) is 9.86 Å². The lowest BCUT2D eigenvalue weighted by Gasteiger charge is -1.97. The molecule has 0 saturated carbocycles. The molecule has 0 aliphatic rings. The second-order valence-corrected chi connectivity index (χ2v) is 6.96. The molecule has 2 aromatic heterocycles. The first-order valence-electron chi connectivity index (χ1n) is 6.42. The fraction of sp³-hybridized carbons (Fsp3) is 0.0625. The SMILES string of the molecule is Cc1[nH]c2ccccc2c1Sc1nc2ccccc2s1. The third-order valence-electron chi connectivity index (χ3n) is 3.30. The van der Waals surface area contributed by atoms with Crippen LogP contribution in [0.4, 0.5) is 0 Å². The van der Waals surface area contributed by atoms with Gasteiger partial charge in [-0.25, -0.2) is 4.98 Å². The van der Waals surface area contributed by atoms with Crippen molar-refractivity contribution in [3.8, 4) is 0 Å². The lowest BCUT2D eigenvalue weighted by atomic mass is 10.2. The van der Waals surface area contributed by atoms with Gasteiger partial charge in [0.1, 0.15) is 0 Å². The van der Waals surface area contributed by atoms with Crippen molar-refractivity contribution < 1.29 is 0 Å². The van der Waals surface area contributed by atoms with Crippen LogP contribution < -0.4 is 0 Å². The van der Waals surface area contributed by atoms with Crippen LogP contribution in [0.5, 0.6) is 0 Å². The van der Waals surface area contributed by atoms with E-state index in [-0.39, 0.29) is 0 Å². The molecule has 0 bridgehead atoms. The van der Waals surface area contributed by atoms with Crippen LogP contribution in [0.2, 0.25) is 0 Å². The second kappa shape index (κ2) is 4.65. The number of rotatable bonds is 2. The predicted molar refractivity (Wildman–Crippen MR) is 86.8 cm³/mol. The van der Waals surface area contributed by atoms with Crippen LogP contribution in [-0.2, 0) is 0 Å². The van der Waals surface area contributed by atoms with Gasteiger partial charge < -0.3 is 4.98 Å². The Bertz CT molecular complexity index is 872. The van der Waals surface area contributed by atoms with Gasteiger partial charge in [0.05, 0.1) is 10.2 Å². The standard InChI is InChI=1S/C16H12N2S2/c1-10-15(11-6-2-3-7-12(11)17-10)20-16-18-13-8-4-5-9-14(13)19-16/h2-9,17H,1H3. The van der Waals surface area contributed by atoms with Crippen LogP contribution in [0.3, 0.4) is 0 Å². The lowest BCUT2D eigenvalue weighted by molar-refractivity contribution is 1.22. The quantitative estimate of drug-likeness (QED) is 0.548. The topological polar surface area (TPSA) is 28.7 Å². The van der Waals surface area contributed by atoms with Crippen LogP contribution in [0.1, 0.15) is 5.69 Å².